The third-order valence-corrected chi connectivity index (χ3v) is 8.36. The van der Waals surface area contributed by atoms with Gasteiger partial charge in [0.15, 0.2) is 11.5 Å². The molecule has 11 heteroatoms. The lowest BCUT2D eigenvalue weighted by atomic mass is 10.2. The van der Waals surface area contributed by atoms with E-state index in [0.717, 1.165) is 41.9 Å². The zero-order valence-corrected chi connectivity index (χ0v) is 20.6. The number of piperazine rings is 1. The van der Waals surface area contributed by atoms with E-state index in [4.69, 9.17) is 14.2 Å². The maximum absolute atomic E-state index is 13.3. The van der Waals surface area contributed by atoms with Gasteiger partial charge in [0.25, 0.3) is 10.0 Å². The number of fused-ring (bicyclic) bond motifs is 3. The number of methoxy groups -OCH3 is 1. The molecule has 2 amide bonds. The molecule has 188 valence electrons. The molecule has 2 aromatic rings. The lowest BCUT2D eigenvalue weighted by Crippen LogP contribution is -2.48. The van der Waals surface area contributed by atoms with Crippen LogP contribution in [0.15, 0.2) is 41.3 Å². The molecule has 2 aromatic carbocycles. The van der Waals surface area contributed by atoms with Crippen molar-refractivity contribution in [2.75, 3.05) is 69.8 Å². The number of sulfonamides is 1. The highest BCUT2D eigenvalue weighted by Crippen LogP contribution is 2.44. The second-order valence-electron chi connectivity index (χ2n) is 8.68. The topological polar surface area (TPSA) is 101 Å². The number of hydrogen-bond donors (Lipinski definition) is 1. The first-order valence-corrected chi connectivity index (χ1v) is 13.3. The van der Waals surface area contributed by atoms with Crippen LogP contribution in [-0.2, 0) is 10.0 Å². The summed E-state index contributed by atoms with van der Waals surface area (Å²) in [5.41, 5.74) is 1.25. The molecular weight excluding hydrogens is 472 g/mol. The fraction of sp³-hybridized carbons (Fsp3) is 0.458. The van der Waals surface area contributed by atoms with Crippen molar-refractivity contribution in [2.24, 2.45) is 0 Å². The molecule has 1 saturated heterocycles. The summed E-state index contributed by atoms with van der Waals surface area (Å²) < 4.78 is 44.3. The lowest BCUT2D eigenvalue weighted by Gasteiger charge is -2.37. The number of carbonyl (C=O) groups excluding carboxylic acids is 1. The van der Waals surface area contributed by atoms with Crippen molar-refractivity contribution in [3.8, 4) is 17.2 Å². The first kappa shape index (κ1) is 23.6. The number of rotatable bonds is 6. The third-order valence-electron chi connectivity index (χ3n) is 6.54. The number of carbonyl (C=O) groups is 1. The number of nitrogens with zero attached hydrogens (tertiary/aromatic N) is 3. The Hall–Kier alpha value is -3.18. The highest BCUT2D eigenvalue weighted by molar-refractivity contribution is 7.90. The molecule has 10 nitrogen and oxygen atoms in total. The molecule has 0 radical (unpaired) electrons. The van der Waals surface area contributed by atoms with Crippen LogP contribution >= 0.6 is 0 Å². The third kappa shape index (κ3) is 4.57. The molecular formula is C24H30N4O6S. The van der Waals surface area contributed by atoms with Crippen LogP contribution in [0.3, 0.4) is 0 Å². The van der Waals surface area contributed by atoms with Crippen molar-refractivity contribution in [1.29, 1.82) is 0 Å². The molecule has 0 atom stereocenters. The molecule has 0 spiro atoms. The minimum absolute atomic E-state index is 0.0340. The van der Waals surface area contributed by atoms with Crippen LogP contribution in [0.1, 0.15) is 12.8 Å². The van der Waals surface area contributed by atoms with Crippen LogP contribution in [0.2, 0.25) is 0 Å². The number of ether oxygens (including phenoxy) is 3. The van der Waals surface area contributed by atoms with E-state index >= 15 is 0 Å². The lowest BCUT2D eigenvalue weighted by molar-refractivity contribution is 0.225. The predicted octanol–water partition coefficient (Wildman–Crippen LogP) is 2.61. The van der Waals surface area contributed by atoms with Gasteiger partial charge < -0.3 is 24.4 Å². The van der Waals surface area contributed by atoms with Crippen LogP contribution in [0.4, 0.5) is 16.2 Å². The Bertz CT molecular complexity index is 1200. The van der Waals surface area contributed by atoms with E-state index in [0.29, 0.717) is 38.3 Å². The highest BCUT2D eigenvalue weighted by Gasteiger charge is 2.39. The van der Waals surface area contributed by atoms with Crippen LogP contribution in [0, 0.1) is 0 Å². The molecule has 0 aliphatic carbocycles. The molecule has 35 heavy (non-hydrogen) atoms. The van der Waals surface area contributed by atoms with Crippen molar-refractivity contribution in [3.63, 3.8) is 0 Å². The van der Waals surface area contributed by atoms with Gasteiger partial charge in [-0.2, -0.15) is 0 Å². The van der Waals surface area contributed by atoms with Crippen molar-refractivity contribution >= 4 is 27.4 Å². The van der Waals surface area contributed by atoms with Gasteiger partial charge in [0.2, 0.25) is 0 Å². The summed E-state index contributed by atoms with van der Waals surface area (Å²) in [7, 11) is -2.31. The minimum atomic E-state index is -3.99. The minimum Gasteiger partial charge on any atom is -0.495 e. The average molecular weight is 503 g/mol. The summed E-state index contributed by atoms with van der Waals surface area (Å²) in [5, 5.41) is 2.72. The molecule has 0 bridgehead atoms. The van der Waals surface area contributed by atoms with E-state index in [1.807, 2.05) is 18.2 Å². The summed E-state index contributed by atoms with van der Waals surface area (Å²) in [4.78, 5) is 17.4. The summed E-state index contributed by atoms with van der Waals surface area (Å²) >= 11 is 0. The van der Waals surface area contributed by atoms with E-state index < -0.39 is 16.1 Å². The van der Waals surface area contributed by atoms with Gasteiger partial charge in [0.1, 0.15) is 16.3 Å². The Balaban J connectivity index is 1.20. The van der Waals surface area contributed by atoms with Gasteiger partial charge in [-0.1, -0.05) is 12.1 Å². The van der Waals surface area contributed by atoms with Gasteiger partial charge in [0.05, 0.1) is 26.0 Å². The maximum atomic E-state index is 13.3. The van der Waals surface area contributed by atoms with E-state index in [1.54, 1.807) is 13.2 Å². The SMILES string of the molecule is COc1ccccc1N1CCN(CCCN2C(=O)Nc3c(ccc4c3OCCCO4)S2(=O)=O)CC1. The Morgan fingerprint density at radius 1 is 1.00 bits per heavy atom. The first-order chi connectivity index (χ1) is 17.0. The van der Waals surface area contributed by atoms with E-state index in [2.05, 4.69) is 21.2 Å². The summed E-state index contributed by atoms with van der Waals surface area (Å²) in [6.45, 7) is 5.08. The number of hydrogen-bond acceptors (Lipinski definition) is 8. The summed E-state index contributed by atoms with van der Waals surface area (Å²) in [6, 6.07) is 10.4. The molecule has 1 N–H and O–H groups in total. The van der Waals surface area contributed by atoms with Crippen molar-refractivity contribution in [1.82, 2.24) is 9.21 Å². The predicted molar refractivity (Wildman–Crippen MR) is 131 cm³/mol. The van der Waals surface area contributed by atoms with E-state index in [9.17, 15) is 13.2 Å². The number of nitrogens with one attached hydrogen (secondary N) is 1. The first-order valence-electron chi connectivity index (χ1n) is 11.9. The van der Waals surface area contributed by atoms with Crippen LogP contribution in [0.5, 0.6) is 17.2 Å². The second kappa shape index (κ2) is 9.82. The van der Waals surface area contributed by atoms with Crippen molar-refractivity contribution in [3.05, 3.63) is 36.4 Å². The average Bonchev–Trinajstić information content (AvgIpc) is 3.12. The van der Waals surface area contributed by atoms with Crippen LogP contribution in [0.25, 0.3) is 0 Å². The van der Waals surface area contributed by atoms with Gasteiger partial charge in [0, 0.05) is 45.7 Å². The largest absolute Gasteiger partial charge is 0.495 e. The smallest absolute Gasteiger partial charge is 0.335 e. The number of amides is 2. The van der Waals surface area contributed by atoms with Crippen molar-refractivity contribution in [2.45, 2.75) is 17.7 Å². The summed E-state index contributed by atoms with van der Waals surface area (Å²) in [6.07, 6.45) is 1.23. The Kier molecular flexibility index (Phi) is 6.61. The maximum Gasteiger partial charge on any atom is 0.335 e. The Morgan fingerprint density at radius 3 is 2.57 bits per heavy atom. The quantitative estimate of drug-likeness (QED) is 0.644. The van der Waals surface area contributed by atoms with E-state index in [1.165, 1.54) is 6.07 Å². The van der Waals surface area contributed by atoms with Crippen LogP contribution < -0.4 is 24.4 Å². The zero-order chi connectivity index (χ0) is 24.4. The standard InChI is InChI=1S/C24H30N4O6S/c1-32-19-7-3-2-6-18(19)27-14-12-26(13-15-27)10-4-11-28-24(29)25-22-21(35(28,30)31)9-8-20-23(22)34-17-5-16-33-20/h2-3,6-9H,4-5,10-17H2,1H3,(H,25,29). The Labute approximate surface area is 205 Å². The molecule has 0 unspecified atom stereocenters. The number of urea groups is 1. The molecule has 5 rings (SSSR count). The normalized spacial score (nSPS) is 19.5. The molecule has 3 aliphatic rings. The number of para-hydroxylation sites is 2. The van der Waals surface area contributed by atoms with Crippen molar-refractivity contribution < 1.29 is 27.4 Å². The monoisotopic (exact) mass is 502 g/mol. The molecule has 3 heterocycles. The summed E-state index contributed by atoms with van der Waals surface area (Å²) in [5.74, 6) is 1.58. The molecule has 1 fully saturated rings. The fourth-order valence-corrected chi connectivity index (χ4v) is 6.22. The number of benzene rings is 2. The van der Waals surface area contributed by atoms with Gasteiger partial charge >= 0.3 is 6.03 Å². The molecule has 3 aliphatic heterocycles. The second-order valence-corrected chi connectivity index (χ2v) is 10.5. The molecule has 0 aromatic heterocycles. The number of anilines is 2. The van der Waals surface area contributed by atoms with Gasteiger partial charge in [-0.05, 0) is 30.7 Å². The highest BCUT2D eigenvalue weighted by atomic mass is 32.2. The zero-order valence-electron chi connectivity index (χ0n) is 19.7. The van der Waals surface area contributed by atoms with Gasteiger partial charge in [-0.15, -0.1) is 0 Å². The fourth-order valence-electron chi connectivity index (χ4n) is 4.71. The van der Waals surface area contributed by atoms with Gasteiger partial charge in [-0.3, -0.25) is 4.90 Å². The Morgan fingerprint density at radius 2 is 1.77 bits per heavy atom. The van der Waals surface area contributed by atoms with E-state index in [-0.39, 0.29) is 22.9 Å². The molecule has 0 saturated carbocycles. The van der Waals surface area contributed by atoms with Crippen LogP contribution in [-0.4, -0.2) is 83.2 Å². The van der Waals surface area contributed by atoms with Gasteiger partial charge in [-0.25, -0.2) is 17.5 Å².